The zero-order valence-electron chi connectivity index (χ0n) is 27.0. The average Bonchev–Trinajstić information content (AvgIpc) is 3.00. The van der Waals surface area contributed by atoms with Crippen LogP contribution in [0.5, 0.6) is 0 Å². The standard InChI is InChI=1S/C33H62O10/c1-3-5-7-9-11-13-14-16-17-19-21-28(35)40-24-26(42-29(36)22-20-18-15-12-10-8-6-4-2)25-41-33-32(39)31(38)30(37)27(23-34)43-33/h26-27,30-34,37-39H,3-25H2,1-2H3/t26-,27-,30+,31+,32-,33-/m1/s1. The molecule has 1 rings (SSSR count). The van der Waals surface area contributed by atoms with Crippen molar-refractivity contribution < 1.29 is 49.0 Å². The Labute approximate surface area is 259 Å². The van der Waals surface area contributed by atoms with Gasteiger partial charge in [0.15, 0.2) is 12.4 Å². The van der Waals surface area contributed by atoms with Crippen molar-refractivity contribution in [3.05, 3.63) is 0 Å². The van der Waals surface area contributed by atoms with E-state index in [0.29, 0.717) is 6.42 Å². The summed E-state index contributed by atoms with van der Waals surface area (Å²) in [4.78, 5) is 24.9. The number of unbranched alkanes of at least 4 members (excludes halogenated alkanes) is 16. The first-order valence-electron chi connectivity index (χ1n) is 17.1. The lowest BCUT2D eigenvalue weighted by Gasteiger charge is -2.39. The predicted octanol–water partition coefficient (Wildman–Crippen LogP) is 5.10. The summed E-state index contributed by atoms with van der Waals surface area (Å²) < 4.78 is 21.9. The van der Waals surface area contributed by atoms with Gasteiger partial charge >= 0.3 is 11.9 Å². The summed E-state index contributed by atoms with van der Waals surface area (Å²) in [6.45, 7) is 3.34. The van der Waals surface area contributed by atoms with Crippen LogP contribution in [0.2, 0.25) is 0 Å². The number of hydrogen-bond acceptors (Lipinski definition) is 10. The van der Waals surface area contributed by atoms with Gasteiger partial charge in [0.1, 0.15) is 31.0 Å². The molecule has 254 valence electrons. The van der Waals surface area contributed by atoms with Crippen LogP contribution in [0.25, 0.3) is 0 Å². The number of rotatable bonds is 27. The molecule has 1 saturated heterocycles. The Morgan fingerprint density at radius 2 is 1.09 bits per heavy atom. The van der Waals surface area contributed by atoms with E-state index in [1.54, 1.807) is 0 Å². The summed E-state index contributed by atoms with van der Waals surface area (Å²) in [5, 5.41) is 39.7. The highest BCUT2D eigenvalue weighted by atomic mass is 16.7. The number of carbonyl (C=O) groups excluding carboxylic acids is 2. The molecule has 43 heavy (non-hydrogen) atoms. The molecule has 0 unspecified atom stereocenters. The zero-order valence-corrected chi connectivity index (χ0v) is 27.0. The monoisotopic (exact) mass is 618 g/mol. The van der Waals surface area contributed by atoms with Crippen molar-refractivity contribution in [2.45, 2.75) is 179 Å². The van der Waals surface area contributed by atoms with Crippen LogP contribution in [-0.2, 0) is 28.5 Å². The van der Waals surface area contributed by atoms with Crippen LogP contribution in [0.1, 0.15) is 142 Å². The molecular formula is C33H62O10. The van der Waals surface area contributed by atoms with E-state index in [1.807, 2.05) is 0 Å². The third-order valence-corrected chi connectivity index (χ3v) is 7.99. The molecule has 0 bridgehead atoms. The van der Waals surface area contributed by atoms with E-state index in [1.165, 1.54) is 70.6 Å². The summed E-state index contributed by atoms with van der Waals surface area (Å²) in [5.74, 6) is -0.810. The molecule has 0 aromatic carbocycles. The Hall–Kier alpha value is -1.30. The molecule has 0 aliphatic carbocycles. The average molecular weight is 619 g/mol. The van der Waals surface area contributed by atoms with E-state index >= 15 is 0 Å². The fourth-order valence-electron chi connectivity index (χ4n) is 5.19. The molecule has 1 heterocycles. The van der Waals surface area contributed by atoms with Gasteiger partial charge in [-0.25, -0.2) is 0 Å². The van der Waals surface area contributed by atoms with Crippen LogP contribution < -0.4 is 0 Å². The van der Waals surface area contributed by atoms with Gasteiger partial charge in [-0.3, -0.25) is 9.59 Å². The van der Waals surface area contributed by atoms with Gasteiger partial charge in [0, 0.05) is 12.8 Å². The first-order valence-corrected chi connectivity index (χ1v) is 17.1. The van der Waals surface area contributed by atoms with Gasteiger partial charge in [0.25, 0.3) is 0 Å². The first-order chi connectivity index (χ1) is 20.8. The van der Waals surface area contributed by atoms with E-state index in [9.17, 15) is 30.0 Å². The quantitative estimate of drug-likeness (QED) is 0.0723. The second kappa shape index (κ2) is 26.0. The lowest BCUT2D eigenvalue weighted by atomic mass is 9.99. The van der Waals surface area contributed by atoms with Crippen LogP contribution >= 0.6 is 0 Å². The third kappa shape index (κ3) is 19.0. The lowest BCUT2D eigenvalue weighted by Crippen LogP contribution is -2.59. The van der Waals surface area contributed by atoms with Gasteiger partial charge in [0.2, 0.25) is 0 Å². The fourth-order valence-corrected chi connectivity index (χ4v) is 5.19. The maximum atomic E-state index is 12.5. The number of aliphatic hydroxyl groups is 4. The fraction of sp³-hybridized carbons (Fsp3) is 0.939. The Morgan fingerprint density at radius 1 is 0.628 bits per heavy atom. The summed E-state index contributed by atoms with van der Waals surface area (Å²) >= 11 is 0. The van der Waals surface area contributed by atoms with Crippen molar-refractivity contribution in [2.24, 2.45) is 0 Å². The molecule has 0 radical (unpaired) electrons. The highest BCUT2D eigenvalue weighted by Gasteiger charge is 2.44. The Bertz CT molecular complexity index is 689. The van der Waals surface area contributed by atoms with Crippen molar-refractivity contribution in [3.63, 3.8) is 0 Å². The van der Waals surface area contributed by atoms with Crippen LogP contribution in [0.4, 0.5) is 0 Å². The van der Waals surface area contributed by atoms with Crippen LogP contribution in [0.3, 0.4) is 0 Å². The van der Waals surface area contributed by atoms with E-state index in [-0.39, 0.29) is 32.0 Å². The summed E-state index contributed by atoms with van der Waals surface area (Å²) in [6.07, 6.45) is 12.8. The van der Waals surface area contributed by atoms with Crippen molar-refractivity contribution in [1.29, 1.82) is 0 Å². The largest absolute Gasteiger partial charge is 0.462 e. The number of carbonyl (C=O) groups is 2. The van der Waals surface area contributed by atoms with Gasteiger partial charge in [-0.05, 0) is 12.8 Å². The number of aliphatic hydroxyl groups excluding tert-OH is 4. The number of hydrogen-bond donors (Lipinski definition) is 4. The van der Waals surface area contributed by atoms with E-state index in [0.717, 1.165) is 38.5 Å². The van der Waals surface area contributed by atoms with Crippen molar-refractivity contribution in [3.8, 4) is 0 Å². The van der Waals surface area contributed by atoms with Gasteiger partial charge in [-0.1, -0.05) is 117 Å². The Kier molecular flexibility index (Phi) is 24.0. The highest BCUT2D eigenvalue weighted by molar-refractivity contribution is 5.70. The highest BCUT2D eigenvalue weighted by Crippen LogP contribution is 2.22. The van der Waals surface area contributed by atoms with E-state index in [2.05, 4.69) is 13.8 Å². The molecule has 6 atom stereocenters. The lowest BCUT2D eigenvalue weighted by molar-refractivity contribution is -0.305. The molecule has 4 N–H and O–H groups in total. The molecule has 0 spiro atoms. The number of ether oxygens (including phenoxy) is 4. The molecule has 10 nitrogen and oxygen atoms in total. The van der Waals surface area contributed by atoms with Crippen molar-refractivity contribution >= 4 is 11.9 Å². The predicted molar refractivity (Wildman–Crippen MR) is 164 cm³/mol. The molecule has 0 aromatic rings. The molecule has 1 aliphatic heterocycles. The maximum absolute atomic E-state index is 12.5. The normalized spacial score (nSPS) is 22.8. The third-order valence-electron chi connectivity index (χ3n) is 7.99. The topological polar surface area (TPSA) is 152 Å². The smallest absolute Gasteiger partial charge is 0.306 e. The van der Waals surface area contributed by atoms with Crippen molar-refractivity contribution in [2.75, 3.05) is 19.8 Å². The summed E-state index contributed by atoms with van der Waals surface area (Å²) in [5.41, 5.74) is 0. The molecule has 1 aliphatic rings. The molecular weight excluding hydrogens is 556 g/mol. The Balaban J connectivity index is 2.45. The number of esters is 2. The summed E-state index contributed by atoms with van der Waals surface area (Å²) in [6, 6.07) is 0. The molecule has 10 heteroatoms. The molecule has 1 fully saturated rings. The van der Waals surface area contributed by atoms with Crippen LogP contribution in [0, 0.1) is 0 Å². The minimum atomic E-state index is -1.59. The SMILES string of the molecule is CCCCCCCCCCCCC(=O)OC[C@H](CO[C@@H]1O[C@H](CO)[C@H](O)[C@H](O)[C@H]1O)OC(=O)CCCCCCCCCC. The second-order valence-electron chi connectivity index (χ2n) is 12.0. The molecule has 0 amide bonds. The first kappa shape index (κ1) is 39.7. The minimum absolute atomic E-state index is 0.211. The van der Waals surface area contributed by atoms with Crippen LogP contribution in [-0.4, -0.2) is 89.0 Å². The zero-order chi connectivity index (χ0) is 31.7. The van der Waals surface area contributed by atoms with Crippen molar-refractivity contribution in [1.82, 2.24) is 0 Å². The Morgan fingerprint density at radius 3 is 1.58 bits per heavy atom. The van der Waals surface area contributed by atoms with Gasteiger partial charge < -0.3 is 39.4 Å². The van der Waals surface area contributed by atoms with Gasteiger partial charge in [0.05, 0.1) is 13.2 Å². The maximum Gasteiger partial charge on any atom is 0.306 e. The van der Waals surface area contributed by atoms with E-state index in [4.69, 9.17) is 18.9 Å². The molecule has 0 saturated carbocycles. The van der Waals surface area contributed by atoms with Gasteiger partial charge in [-0.2, -0.15) is 0 Å². The minimum Gasteiger partial charge on any atom is -0.462 e. The second-order valence-corrected chi connectivity index (χ2v) is 12.0. The summed E-state index contributed by atoms with van der Waals surface area (Å²) in [7, 11) is 0. The van der Waals surface area contributed by atoms with Crippen LogP contribution in [0.15, 0.2) is 0 Å². The van der Waals surface area contributed by atoms with E-state index < -0.39 is 49.4 Å². The molecule has 0 aromatic heterocycles. The van der Waals surface area contributed by atoms with Gasteiger partial charge in [-0.15, -0.1) is 0 Å².